The molecule has 0 aromatic heterocycles. The molecule has 4 heteroatoms. The molecule has 2 N–H and O–H groups in total. The third-order valence-electron chi connectivity index (χ3n) is 4.90. The summed E-state index contributed by atoms with van der Waals surface area (Å²) >= 11 is 0. The van der Waals surface area contributed by atoms with Gasteiger partial charge in [0, 0.05) is 12.3 Å². The smallest absolute Gasteiger partial charge is 0.223 e. The second kappa shape index (κ2) is 9.17. The molecule has 1 aliphatic rings. The van der Waals surface area contributed by atoms with Crippen molar-refractivity contribution in [1.82, 2.24) is 10.6 Å². The van der Waals surface area contributed by atoms with Crippen molar-refractivity contribution in [3.8, 4) is 0 Å². The van der Waals surface area contributed by atoms with Gasteiger partial charge in [0.2, 0.25) is 11.8 Å². The van der Waals surface area contributed by atoms with Crippen LogP contribution in [0.1, 0.15) is 49.4 Å². The molecule has 1 heterocycles. The van der Waals surface area contributed by atoms with Crippen LogP contribution in [0.5, 0.6) is 0 Å². The third kappa shape index (κ3) is 5.30. The third-order valence-corrected chi connectivity index (χ3v) is 4.90. The van der Waals surface area contributed by atoms with Crippen LogP contribution in [0.3, 0.4) is 0 Å². The van der Waals surface area contributed by atoms with Gasteiger partial charge in [-0.15, -0.1) is 0 Å². The Morgan fingerprint density at radius 3 is 1.74 bits per heavy atom. The largest absolute Gasteiger partial charge is 0.349 e. The van der Waals surface area contributed by atoms with Gasteiger partial charge in [-0.3, -0.25) is 9.59 Å². The number of hydrogen-bond donors (Lipinski definition) is 2. The highest BCUT2D eigenvalue weighted by Crippen LogP contribution is 2.22. The van der Waals surface area contributed by atoms with Gasteiger partial charge >= 0.3 is 0 Å². The van der Waals surface area contributed by atoms with Gasteiger partial charge in [-0.05, 0) is 24.0 Å². The molecule has 140 valence electrons. The van der Waals surface area contributed by atoms with Crippen molar-refractivity contribution >= 4 is 11.8 Å². The van der Waals surface area contributed by atoms with E-state index < -0.39 is 0 Å². The van der Waals surface area contributed by atoms with Crippen molar-refractivity contribution in [3.05, 3.63) is 83.9 Å². The molecule has 2 amide bonds. The van der Waals surface area contributed by atoms with E-state index in [1.807, 2.05) is 60.7 Å². The van der Waals surface area contributed by atoms with Gasteiger partial charge in [-0.25, -0.2) is 0 Å². The molecule has 2 aromatic carbocycles. The van der Waals surface area contributed by atoms with E-state index in [1.165, 1.54) is 0 Å². The maximum atomic E-state index is 12.6. The number of benzene rings is 2. The first-order valence-electron chi connectivity index (χ1n) is 9.48. The molecule has 3 rings (SSSR count). The van der Waals surface area contributed by atoms with Gasteiger partial charge in [0.05, 0.1) is 12.1 Å². The number of carbonyl (C=O) groups excluding carboxylic acids is 2. The molecular formula is C23H26N2O2. The minimum absolute atomic E-state index is 0.0835. The minimum atomic E-state index is -0.379. The van der Waals surface area contributed by atoms with Crippen LogP contribution in [0.2, 0.25) is 0 Å². The van der Waals surface area contributed by atoms with Crippen LogP contribution < -0.4 is 10.6 Å². The normalized spacial score (nSPS) is 25.4. The number of carbonyl (C=O) groups is 2. The van der Waals surface area contributed by atoms with E-state index in [0.29, 0.717) is 0 Å². The molecule has 27 heavy (non-hydrogen) atoms. The lowest BCUT2D eigenvalue weighted by Gasteiger charge is -2.23. The van der Waals surface area contributed by atoms with E-state index in [9.17, 15) is 9.59 Å². The zero-order valence-electron chi connectivity index (χ0n) is 15.6. The Morgan fingerprint density at radius 2 is 1.22 bits per heavy atom. The van der Waals surface area contributed by atoms with Crippen LogP contribution in [0.4, 0.5) is 0 Å². The lowest BCUT2D eigenvalue weighted by atomic mass is 9.98. The highest BCUT2D eigenvalue weighted by Gasteiger charge is 2.23. The lowest BCUT2D eigenvalue weighted by Crippen LogP contribution is -2.37. The van der Waals surface area contributed by atoms with Gasteiger partial charge in [0.15, 0.2) is 0 Å². The maximum Gasteiger partial charge on any atom is 0.223 e. The van der Waals surface area contributed by atoms with Crippen molar-refractivity contribution in [2.45, 2.75) is 38.3 Å². The number of hydrogen-bond acceptors (Lipinski definition) is 2. The predicted octanol–water partition coefficient (Wildman–Crippen LogP) is 4.08. The molecule has 1 aliphatic heterocycles. The summed E-state index contributed by atoms with van der Waals surface area (Å²) in [5.74, 6) is -0.572. The molecule has 3 atom stereocenters. The van der Waals surface area contributed by atoms with E-state index in [0.717, 1.165) is 24.0 Å². The molecule has 0 radical (unpaired) electrons. The molecular weight excluding hydrogens is 336 g/mol. The first kappa shape index (κ1) is 18.9. The minimum Gasteiger partial charge on any atom is -0.349 e. The van der Waals surface area contributed by atoms with Crippen LogP contribution >= 0.6 is 0 Å². The number of rotatable bonds is 2. The first-order valence-corrected chi connectivity index (χ1v) is 9.48. The van der Waals surface area contributed by atoms with Crippen LogP contribution in [-0.2, 0) is 9.59 Å². The molecule has 0 saturated carbocycles. The summed E-state index contributed by atoms with van der Waals surface area (Å²) in [6.45, 7) is 1.80. The quantitative estimate of drug-likeness (QED) is 0.791. The second-order valence-electron chi connectivity index (χ2n) is 7.05. The average molecular weight is 362 g/mol. The van der Waals surface area contributed by atoms with Gasteiger partial charge in [-0.1, -0.05) is 79.7 Å². The van der Waals surface area contributed by atoms with E-state index in [1.54, 1.807) is 6.92 Å². The Hall–Kier alpha value is -2.88. The van der Waals surface area contributed by atoms with Gasteiger partial charge in [-0.2, -0.15) is 0 Å². The summed E-state index contributed by atoms with van der Waals surface area (Å²) in [5, 5.41) is 6.17. The average Bonchev–Trinajstić information content (AvgIpc) is 2.69. The van der Waals surface area contributed by atoms with E-state index in [4.69, 9.17) is 0 Å². The topological polar surface area (TPSA) is 58.2 Å². The van der Waals surface area contributed by atoms with Gasteiger partial charge in [0.1, 0.15) is 0 Å². The predicted molar refractivity (Wildman–Crippen MR) is 107 cm³/mol. The monoisotopic (exact) mass is 362 g/mol. The van der Waals surface area contributed by atoms with E-state index in [-0.39, 0.29) is 36.2 Å². The fourth-order valence-corrected chi connectivity index (χ4v) is 3.33. The Bertz CT molecular complexity index is 787. The van der Waals surface area contributed by atoms with Crippen LogP contribution in [-0.4, -0.2) is 11.8 Å². The molecule has 0 fully saturated rings. The summed E-state index contributed by atoms with van der Waals surface area (Å²) in [5.41, 5.74) is 2.15. The summed E-state index contributed by atoms with van der Waals surface area (Å²) in [6, 6.07) is 19.8. The van der Waals surface area contributed by atoms with Crippen LogP contribution in [0.25, 0.3) is 0 Å². The van der Waals surface area contributed by atoms with E-state index in [2.05, 4.69) is 22.8 Å². The lowest BCUT2D eigenvalue weighted by molar-refractivity contribution is -0.130. The zero-order valence-corrected chi connectivity index (χ0v) is 15.6. The second-order valence-corrected chi connectivity index (χ2v) is 7.05. The van der Waals surface area contributed by atoms with Crippen LogP contribution in [0, 0.1) is 5.92 Å². The Labute approximate surface area is 160 Å². The summed E-state index contributed by atoms with van der Waals surface area (Å²) in [6.07, 6.45) is 5.80. The van der Waals surface area contributed by atoms with Crippen molar-refractivity contribution < 1.29 is 9.59 Å². The molecule has 4 nitrogen and oxygen atoms in total. The summed E-state index contributed by atoms with van der Waals surface area (Å²) in [7, 11) is 0. The fourth-order valence-electron chi connectivity index (χ4n) is 3.33. The van der Waals surface area contributed by atoms with Crippen molar-refractivity contribution in [2.75, 3.05) is 0 Å². The Kier molecular flexibility index (Phi) is 6.42. The highest BCUT2D eigenvalue weighted by molar-refractivity contribution is 5.86. The zero-order chi connectivity index (χ0) is 19.1. The number of amides is 2. The SMILES string of the molecule is C[C@H]1CC(=O)N[C@@H](c2ccccc2)C/C=C\C[C@H](c2ccccc2)NC1=O. The van der Waals surface area contributed by atoms with Crippen LogP contribution in [0.15, 0.2) is 72.8 Å². The molecule has 0 bridgehead atoms. The Balaban J connectivity index is 1.83. The molecule has 0 unspecified atom stereocenters. The first-order chi connectivity index (χ1) is 13.1. The van der Waals surface area contributed by atoms with Crippen molar-refractivity contribution in [1.29, 1.82) is 0 Å². The molecule has 2 aromatic rings. The Morgan fingerprint density at radius 1 is 0.741 bits per heavy atom. The summed E-state index contributed by atoms with van der Waals surface area (Å²) < 4.78 is 0. The van der Waals surface area contributed by atoms with E-state index >= 15 is 0 Å². The van der Waals surface area contributed by atoms with Gasteiger partial charge in [0.25, 0.3) is 0 Å². The molecule has 0 aliphatic carbocycles. The molecule has 0 spiro atoms. The van der Waals surface area contributed by atoms with Gasteiger partial charge < -0.3 is 10.6 Å². The number of nitrogens with one attached hydrogen (secondary N) is 2. The maximum absolute atomic E-state index is 12.6. The van der Waals surface area contributed by atoms with Crippen molar-refractivity contribution in [2.24, 2.45) is 5.92 Å². The fraction of sp³-hybridized carbons (Fsp3) is 0.304. The van der Waals surface area contributed by atoms with Crippen molar-refractivity contribution in [3.63, 3.8) is 0 Å². The molecule has 0 saturated heterocycles. The summed E-state index contributed by atoms with van der Waals surface area (Å²) in [4.78, 5) is 25.1. The standard InChI is InChI=1S/C23H26N2O2/c1-17-16-22(26)24-20(18-10-4-2-5-11-18)14-8-9-15-21(25-23(17)27)19-12-6-3-7-13-19/h2-13,17,20-21H,14-16H2,1H3,(H,24,26)(H,25,27)/b9-8-/t17-,20+,21+/m0/s1. The highest BCUT2D eigenvalue weighted by atomic mass is 16.2.